The molecule has 96 valence electrons. The van der Waals surface area contributed by atoms with Gasteiger partial charge in [0, 0.05) is 11.8 Å². The summed E-state index contributed by atoms with van der Waals surface area (Å²) < 4.78 is 2.19. The molecule has 0 radical (unpaired) electrons. The summed E-state index contributed by atoms with van der Waals surface area (Å²) in [6.07, 6.45) is 7.87. The number of thioether (sulfide) groups is 1. The van der Waals surface area contributed by atoms with Gasteiger partial charge >= 0.3 is 0 Å². The van der Waals surface area contributed by atoms with Gasteiger partial charge in [0.2, 0.25) is 0 Å². The maximum absolute atomic E-state index is 5.69. The second-order valence-corrected chi connectivity index (χ2v) is 5.90. The summed E-state index contributed by atoms with van der Waals surface area (Å²) in [6, 6.07) is 0. The molecule has 1 fully saturated rings. The van der Waals surface area contributed by atoms with Gasteiger partial charge in [-0.2, -0.15) is 0 Å². The van der Waals surface area contributed by atoms with Crippen molar-refractivity contribution in [1.29, 1.82) is 0 Å². The summed E-state index contributed by atoms with van der Waals surface area (Å²) >= 11 is 1.90. The van der Waals surface area contributed by atoms with E-state index < -0.39 is 0 Å². The Kier molecular flexibility index (Phi) is 4.86. The van der Waals surface area contributed by atoms with Crippen molar-refractivity contribution in [2.75, 3.05) is 0 Å². The number of hydrogen-bond acceptors (Lipinski definition) is 4. The lowest BCUT2D eigenvalue weighted by atomic mass is 10.0. The van der Waals surface area contributed by atoms with E-state index in [4.69, 9.17) is 5.73 Å². The van der Waals surface area contributed by atoms with E-state index in [1.54, 1.807) is 0 Å². The molecule has 0 aromatic carbocycles. The van der Waals surface area contributed by atoms with E-state index in [0.717, 1.165) is 29.2 Å². The van der Waals surface area contributed by atoms with Crippen LogP contribution in [0, 0.1) is 0 Å². The van der Waals surface area contributed by atoms with Crippen molar-refractivity contribution in [1.82, 2.24) is 14.8 Å². The van der Waals surface area contributed by atoms with Gasteiger partial charge in [-0.1, -0.05) is 37.9 Å². The minimum Gasteiger partial charge on any atom is -0.324 e. The van der Waals surface area contributed by atoms with Crippen LogP contribution in [0.1, 0.15) is 51.3 Å². The van der Waals surface area contributed by atoms with Gasteiger partial charge in [0.05, 0.1) is 6.54 Å². The van der Waals surface area contributed by atoms with Crippen molar-refractivity contribution in [2.45, 2.75) is 68.9 Å². The molecule has 0 spiro atoms. The van der Waals surface area contributed by atoms with Crippen LogP contribution in [0.3, 0.4) is 0 Å². The van der Waals surface area contributed by atoms with Crippen LogP contribution in [0.25, 0.3) is 0 Å². The van der Waals surface area contributed by atoms with Gasteiger partial charge in [-0.05, 0) is 19.3 Å². The monoisotopic (exact) mass is 254 g/mol. The minimum absolute atomic E-state index is 0.484. The highest BCUT2D eigenvalue weighted by atomic mass is 32.2. The number of hydrogen-bond donors (Lipinski definition) is 1. The Balaban J connectivity index is 2.05. The summed E-state index contributed by atoms with van der Waals surface area (Å²) in [4.78, 5) is 0. The average Bonchev–Trinajstić information content (AvgIpc) is 2.74. The Hall–Kier alpha value is -0.550. The van der Waals surface area contributed by atoms with Gasteiger partial charge in [0.15, 0.2) is 5.16 Å². The fraction of sp³-hybridized carbons (Fsp3) is 0.833. The SMILES string of the molecule is CCCn1c(CN)nnc1SC1CCCCC1. The molecule has 1 aliphatic rings. The molecule has 4 nitrogen and oxygen atoms in total. The van der Waals surface area contributed by atoms with E-state index in [2.05, 4.69) is 21.7 Å². The quantitative estimate of drug-likeness (QED) is 0.877. The molecule has 2 rings (SSSR count). The van der Waals surface area contributed by atoms with Crippen molar-refractivity contribution in [3.63, 3.8) is 0 Å². The van der Waals surface area contributed by atoms with Crippen LogP contribution in [0.2, 0.25) is 0 Å². The van der Waals surface area contributed by atoms with Crippen LogP contribution in [-0.2, 0) is 13.1 Å². The molecule has 1 saturated carbocycles. The van der Waals surface area contributed by atoms with E-state index in [0.29, 0.717) is 6.54 Å². The van der Waals surface area contributed by atoms with E-state index in [1.807, 2.05) is 11.8 Å². The summed E-state index contributed by atoms with van der Waals surface area (Å²) in [6.45, 7) is 3.64. The Morgan fingerprint density at radius 2 is 2.06 bits per heavy atom. The van der Waals surface area contributed by atoms with Crippen molar-refractivity contribution >= 4 is 11.8 Å². The molecule has 1 aromatic rings. The van der Waals surface area contributed by atoms with Crippen LogP contribution in [0.15, 0.2) is 5.16 Å². The van der Waals surface area contributed by atoms with Gasteiger partial charge < -0.3 is 10.3 Å². The van der Waals surface area contributed by atoms with Gasteiger partial charge in [-0.25, -0.2) is 0 Å². The third-order valence-corrected chi connectivity index (χ3v) is 4.57. The molecular weight excluding hydrogens is 232 g/mol. The van der Waals surface area contributed by atoms with Gasteiger partial charge in [0.1, 0.15) is 5.82 Å². The van der Waals surface area contributed by atoms with Crippen molar-refractivity contribution < 1.29 is 0 Å². The Morgan fingerprint density at radius 1 is 1.29 bits per heavy atom. The zero-order valence-electron chi connectivity index (χ0n) is 10.6. The molecule has 5 heteroatoms. The lowest BCUT2D eigenvalue weighted by Gasteiger charge is -2.20. The summed E-state index contributed by atoms with van der Waals surface area (Å²) in [5, 5.41) is 10.3. The zero-order chi connectivity index (χ0) is 12.1. The molecular formula is C12H22N4S. The zero-order valence-corrected chi connectivity index (χ0v) is 11.4. The van der Waals surface area contributed by atoms with Gasteiger partial charge in [-0.3, -0.25) is 0 Å². The molecule has 1 aromatic heterocycles. The first kappa shape index (κ1) is 12.9. The molecule has 0 saturated heterocycles. The molecule has 1 aliphatic carbocycles. The van der Waals surface area contributed by atoms with E-state index in [-0.39, 0.29) is 0 Å². The maximum atomic E-state index is 5.69. The molecule has 0 amide bonds. The highest BCUT2D eigenvalue weighted by molar-refractivity contribution is 7.99. The first-order valence-corrected chi connectivity index (χ1v) is 7.52. The van der Waals surface area contributed by atoms with Gasteiger partial charge in [0.25, 0.3) is 0 Å². The average molecular weight is 254 g/mol. The number of rotatable bonds is 5. The molecule has 17 heavy (non-hydrogen) atoms. The molecule has 0 unspecified atom stereocenters. The number of nitrogens with zero attached hydrogens (tertiary/aromatic N) is 3. The Morgan fingerprint density at radius 3 is 2.71 bits per heavy atom. The highest BCUT2D eigenvalue weighted by Crippen LogP contribution is 2.32. The lowest BCUT2D eigenvalue weighted by molar-refractivity contribution is 0.512. The third kappa shape index (κ3) is 3.22. The molecule has 2 N–H and O–H groups in total. The first-order chi connectivity index (χ1) is 8.35. The summed E-state index contributed by atoms with van der Waals surface area (Å²) in [5.74, 6) is 0.921. The summed E-state index contributed by atoms with van der Waals surface area (Å²) in [7, 11) is 0. The lowest BCUT2D eigenvalue weighted by Crippen LogP contribution is -2.12. The fourth-order valence-electron chi connectivity index (χ4n) is 2.34. The van der Waals surface area contributed by atoms with Crippen LogP contribution in [-0.4, -0.2) is 20.0 Å². The highest BCUT2D eigenvalue weighted by Gasteiger charge is 2.19. The number of aromatic nitrogens is 3. The normalized spacial score (nSPS) is 17.5. The summed E-state index contributed by atoms with van der Waals surface area (Å²) in [5.41, 5.74) is 5.69. The van der Waals surface area contributed by atoms with E-state index >= 15 is 0 Å². The molecule has 0 bridgehead atoms. The third-order valence-electron chi connectivity index (χ3n) is 3.25. The standard InChI is InChI=1S/C12H22N4S/c1-2-8-16-11(9-13)14-15-12(16)17-10-6-4-3-5-7-10/h10H,2-9,13H2,1H3. The molecule has 1 heterocycles. The second-order valence-electron chi connectivity index (χ2n) is 4.63. The van der Waals surface area contributed by atoms with Crippen molar-refractivity contribution in [3.8, 4) is 0 Å². The first-order valence-electron chi connectivity index (χ1n) is 6.64. The van der Waals surface area contributed by atoms with Crippen LogP contribution >= 0.6 is 11.8 Å². The topological polar surface area (TPSA) is 56.7 Å². The predicted molar refractivity (Wildman–Crippen MR) is 70.9 cm³/mol. The maximum Gasteiger partial charge on any atom is 0.191 e. The van der Waals surface area contributed by atoms with E-state index in [1.165, 1.54) is 32.1 Å². The fourth-order valence-corrected chi connectivity index (χ4v) is 3.62. The molecule has 0 atom stereocenters. The Bertz CT molecular complexity index is 344. The van der Waals surface area contributed by atoms with Crippen LogP contribution < -0.4 is 5.73 Å². The van der Waals surface area contributed by atoms with Crippen LogP contribution in [0.4, 0.5) is 0 Å². The van der Waals surface area contributed by atoms with Crippen LogP contribution in [0.5, 0.6) is 0 Å². The van der Waals surface area contributed by atoms with Crippen molar-refractivity contribution in [3.05, 3.63) is 5.82 Å². The van der Waals surface area contributed by atoms with Gasteiger partial charge in [-0.15, -0.1) is 10.2 Å². The minimum atomic E-state index is 0.484. The second kappa shape index (κ2) is 6.40. The Labute approximate surface area is 107 Å². The predicted octanol–water partition coefficient (Wildman–Crippen LogP) is 2.57. The van der Waals surface area contributed by atoms with E-state index in [9.17, 15) is 0 Å². The smallest absolute Gasteiger partial charge is 0.191 e. The van der Waals surface area contributed by atoms with Crippen molar-refractivity contribution in [2.24, 2.45) is 5.73 Å². The molecule has 0 aliphatic heterocycles. The largest absolute Gasteiger partial charge is 0.324 e. The number of nitrogens with two attached hydrogens (primary N) is 1.